The second-order valence-electron chi connectivity index (χ2n) is 7.25. The van der Waals surface area contributed by atoms with E-state index in [1.165, 1.54) is 0 Å². The number of carbonyl (C=O) groups is 1. The molecule has 4 heterocycles. The monoisotopic (exact) mass is 426 g/mol. The number of benzene rings is 1. The minimum Gasteiger partial charge on any atom is -0.327 e. The number of thiophene rings is 1. The molecular formula is C20H19ClN6OS. The zero-order chi connectivity index (χ0) is 20.3. The molecule has 0 N–H and O–H groups in total. The normalized spacial score (nSPS) is 16.4. The summed E-state index contributed by atoms with van der Waals surface area (Å²) >= 11 is 7.61. The van der Waals surface area contributed by atoms with Crippen LogP contribution in [0.15, 0.2) is 30.3 Å². The van der Waals surface area contributed by atoms with Crippen LogP contribution in [0.25, 0.3) is 20.9 Å². The van der Waals surface area contributed by atoms with Crippen molar-refractivity contribution in [2.75, 3.05) is 6.54 Å². The summed E-state index contributed by atoms with van der Waals surface area (Å²) in [5.41, 5.74) is 1.64. The van der Waals surface area contributed by atoms with Gasteiger partial charge in [0.15, 0.2) is 11.6 Å². The summed E-state index contributed by atoms with van der Waals surface area (Å²) in [6.45, 7) is 5.27. The fraction of sp³-hybridized carbons (Fsp3) is 0.300. The number of aryl methyl sites for hydroxylation is 2. The highest BCUT2D eigenvalue weighted by Gasteiger charge is 2.32. The van der Waals surface area contributed by atoms with Gasteiger partial charge in [0.25, 0.3) is 5.91 Å². The Morgan fingerprint density at radius 2 is 1.97 bits per heavy atom. The number of rotatable bonds is 2. The van der Waals surface area contributed by atoms with Crippen molar-refractivity contribution < 1.29 is 4.79 Å². The van der Waals surface area contributed by atoms with Gasteiger partial charge in [-0.25, -0.2) is 0 Å². The van der Waals surface area contributed by atoms with Gasteiger partial charge in [0.05, 0.1) is 16.6 Å². The summed E-state index contributed by atoms with van der Waals surface area (Å²) < 4.78 is 4.03. The molecule has 1 aliphatic heterocycles. The summed E-state index contributed by atoms with van der Waals surface area (Å²) in [5.74, 6) is 1.64. The van der Waals surface area contributed by atoms with Crippen LogP contribution < -0.4 is 0 Å². The number of halogens is 1. The maximum absolute atomic E-state index is 13.0. The minimum atomic E-state index is -0.161. The molecule has 0 saturated heterocycles. The average Bonchev–Trinajstić information content (AvgIpc) is 3.38. The Kier molecular flexibility index (Phi) is 4.22. The van der Waals surface area contributed by atoms with Crippen LogP contribution in [0.1, 0.15) is 34.8 Å². The van der Waals surface area contributed by atoms with E-state index in [1.807, 2.05) is 30.5 Å². The highest BCUT2D eigenvalue weighted by Crippen LogP contribution is 2.36. The molecule has 1 atom stereocenters. The van der Waals surface area contributed by atoms with Crippen LogP contribution in [0.5, 0.6) is 0 Å². The molecule has 148 valence electrons. The van der Waals surface area contributed by atoms with Crippen LogP contribution in [0.3, 0.4) is 0 Å². The van der Waals surface area contributed by atoms with Crippen LogP contribution in [0.4, 0.5) is 0 Å². The number of fused-ring (bicyclic) bond motifs is 2. The first-order chi connectivity index (χ1) is 13.9. The Labute approximate surface area is 176 Å². The van der Waals surface area contributed by atoms with E-state index in [2.05, 4.69) is 25.9 Å². The van der Waals surface area contributed by atoms with Crippen LogP contribution in [-0.4, -0.2) is 41.9 Å². The lowest BCUT2D eigenvalue weighted by molar-refractivity contribution is 0.0638. The van der Waals surface area contributed by atoms with Crippen molar-refractivity contribution in [1.82, 2.24) is 29.4 Å². The molecule has 1 aliphatic rings. The molecule has 1 aromatic carbocycles. The van der Waals surface area contributed by atoms with E-state index in [9.17, 15) is 4.79 Å². The number of carbonyl (C=O) groups excluding carboxylic acids is 1. The molecule has 0 saturated carbocycles. The molecule has 1 amide bonds. The van der Waals surface area contributed by atoms with Gasteiger partial charge in [0.2, 0.25) is 0 Å². The Balaban J connectivity index is 1.48. The van der Waals surface area contributed by atoms with E-state index < -0.39 is 0 Å². The lowest BCUT2D eigenvalue weighted by Gasteiger charge is -2.33. The van der Waals surface area contributed by atoms with Crippen molar-refractivity contribution in [1.29, 1.82) is 0 Å². The molecule has 29 heavy (non-hydrogen) atoms. The number of nitrogens with zero attached hydrogens (tertiary/aromatic N) is 6. The summed E-state index contributed by atoms with van der Waals surface area (Å²) in [4.78, 5) is 17.0. The van der Waals surface area contributed by atoms with Gasteiger partial charge in [-0.1, -0.05) is 11.6 Å². The predicted molar refractivity (Wildman–Crippen MR) is 113 cm³/mol. The number of hydrogen-bond acceptors (Lipinski definition) is 5. The van der Waals surface area contributed by atoms with E-state index in [-0.39, 0.29) is 11.9 Å². The van der Waals surface area contributed by atoms with Gasteiger partial charge < -0.3 is 9.47 Å². The first kappa shape index (κ1) is 18.3. The van der Waals surface area contributed by atoms with Gasteiger partial charge >= 0.3 is 0 Å². The molecule has 3 aromatic heterocycles. The lowest BCUT2D eigenvalue weighted by atomic mass is 10.1. The van der Waals surface area contributed by atoms with Crippen molar-refractivity contribution in [3.8, 4) is 10.7 Å². The van der Waals surface area contributed by atoms with Crippen LogP contribution in [0.2, 0.25) is 5.02 Å². The molecule has 5 rings (SSSR count). The van der Waals surface area contributed by atoms with Crippen molar-refractivity contribution in [3.05, 3.63) is 52.4 Å². The highest BCUT2D eigenvalue weighted by molar-refractivity contribution is 7.21. The third kappa shape index (κ3) is 2.86. The maximum Gasteiger partial charge on any atom is 0.254 e. The topological polar surface area (TPSA) is 68.8 Å². The minimum absolute atomic E-state index is 0.0199. The maximum atomic E-state index is 13.0. The molecule has 4 aromatic rings. The first-order valence-electron chi connectivity index (χ1n) is 9.37. The Hall–Kier alpha value is -2.71. The third-order valence-electron chi connectivity index (χ3n) is 5.45. The second-order valence-corrected chi connectivity index (χ2v) is 8.72. The molecule has 0 fully saturated rings. The van der Waals surface area contributed by atoms with Crippen LogP contribution >= 0.6 is 22.9 Å². The van der Waals surface area contributed by atoms with E-state index in [4.69, 9.17) is 11.6 Å². The number of hydrogen-bond donors (Lipinski definition) is 0. The standard InChI is InChI=1S/C20H19ClN6OS/c1-11-15-10-16(29-20(15)25(3)24-11)18-23-22-17-12(2)26(8-9-27(17)18)19(28)13-4-6-14(21)7-5-13/h4-7,10,12H,8-9H2,1-3H3/t12-/m1/s1. The quantitative estimate of drug-likeness (QED) is 0.484. The lowest BCUT2D eigenvalue weighted by Crippen LogP contribution is -2.41. The van der Waals surface area contributed by atoms with Gasteiger partial charge in [-0.2, -0.15) is 5.10 Å². The van der Waals surface area contributed by atoms with E-state index in [0.29, 0.717) is 23.7 Å². The first-order valence-corrected chi connectivity index (χ1v) is 10.6. The average molecular weight is 427 g/mol. The fourth-order valence-corrected chi connectivity index (χ4v) is 5.16. The van der Waals surface area contributed by atoms with E-state index in [1.54, 1.807) is 35.6 Å². The summed E-state index contributed by atoms with van der Waals surface area (Å²) in [7, 11) is 1.96. The van der Waals surface area contributed by atoms with Crippen molar-refractivity contribution in [3.63, 3.8) is 0 Å². The van der Waals surface area contributed by atoms with Gasteiger partial charge in [-0.05, 0) is 44.2 Å². The number of aromatic nitrogens is 5. The van der Waals surface area contributed by atoms with Gasteiger partial charge in [-0.3, -0.25) is 9.48 Å². The molecule has 0 unspecified atom stereocenters. The molecular weight excluding hydrogens is 408 g/mol. The Bertz CT molecular complexity index is 1200. The molecule has 0 aliphatic carbocycles. The third-order valence-corrected chi connectivity index (χ3v) is 6.90. The van der Waals surface area contributed by atoms with Gasteiger partial charge in [-0.15, -0.1) is 21.5 Å². The van der Waals surface area contributed by atoms with Crippen molar-refractivity contribution in [2.45, 2.75) is 26.4 Å². The van der Waals surface area contributed by atoms with Crippen LogP contribution in [-0.2, 0) is 13.6 Å². The molecule has 9 heteroatoms. The number of amides is 1. The summed E-state index contributed by atoms with van der Waals surface area (Å²) in [6.07, 6.45) is 0. The van der Waals surface area contributed by atoms with Crippen molar-refractivity contribution >= 4 is 39.1 Å². The largest absolute Gasteiger partial charge is 0.327 e. The zero-order valence-electron chi connectivity index (χ0n) is 16.3. The Morgan fingerprint density at radius 3 is 2.69 bits per heavy atom. The highest BCUT2D eigenvalue weighted by atomic mass is 35.5. The molecule has 0 spiro atoms. The molecule has 0 bridgehead atoms. The smallest absolute Gasteiger partial charge is 0.254 e. The fourth-order valence-electron chi connectivity index (χ4n) is 3.92. The van der Waals surface area contributed by atoms with E-state index in [0.717, 1.165) is 32.4 Å². The van der Waals surface area contributed by atoms with Crippen LogP contribution in [0, 0.1) is 6.92 Å². The Morgan fingerprint density at radius 1 is 1.21 bits per heavy atom. The molecule has 0 radical (unpaired) electrons. The molecule has 7 nitrogen and oxygen atoms in total. The van der Waals surface area contributed by atoms with Gasteiger partial charge in [0, 0.05) is 36.1 Å². The summed E-state index contributed by atoms with van der Waals surface area (Å²) in [6, 6.07) is 8.97. The van der Waals surface area contributed by atoms with E-state index >= 15 is 0 Å². The summed E-state index contributed by atoms with van der Waals surface area (Å²) in [5, 5.41) is 15.1. The second kappa shape index (κ2) is 6.67. The predicted octanol–water partition coefficient (Wildman–Crippen LogP) is 4.07. The van der Waals surface area contributed by atoms with Gasteiger partial charge in [0.1, 0.15) is 4.83 Å². The van der Waals surface area contributed by atoms with Crippen molar-refractivity contribution in [2.24, 2.45) is 7.05 Å². The SMILES string of the molecule is Cc1nn(C)c2sc(-c3nnc4n3CCN(C(=O)c3ccc(Cl)cc3)[C@@H]4C)cc12. The zero-order valence-corrected chi connectivity index (χ0v) is 17.8.